The molecular weight excluding hydrogens is 256 g/mol. The Balaban J connectivity index is 2.33. The van der Waals surface area contributed by atoms with E-state index in [1.165, 1.54) is 16.4 Å². The van der Waals surface area contributed by atoms with Crippen LogP contribution in [-0.2, 0) is 4.74 Å². The van der Waals surface area contributed by atoms with Gasteiger partial charge in [-0.1, -0.05) is 0 Å². The zero-order valence-electron chi connectivity index (χ0n) is 9.78. The molecule has 1 fully saturated rings. The van der Waals surface area contributed by atoms with Crippen molar-refractivity contribution in [3.8, 4) is 6.07 Å². The van der Waals surface area contributed by atoms with E-state index in [0.29, 0.717) is 17.0 Å². The van der Waals surface area contributed by atoms with Gasteiger partial charge in [0, 0.05) is 6.42 Å². The first-order valence-corrected chi connectivity index (χ1v) is 6.61. The molecule has 0 aliphatic carbocycles. The number of aromatic nitrogens is 2. The summed E-state index contributed by atoms with van der Waals surface area (Å²) in [5, 5.41) is 32.4. The zero-order valence-corrected chi connectivity index (χ0v) is 10.6. The average Bonchev–Trinajstić information content (AvgIpc) is 2.88. The summed E-state index contributed by atoms with van der Waals surface area (Å²) in [6.45, 7) is -0.256. The molecule has 2 heterocycles. The highest BCUT2D eigenvalue weighted by atomic mass is 32.2. The van der Waals surface area contributed by atoms with Crippen LogP contribution in [0.5, 0.6) is 0 Å². The Bertz CT molecular complexity index is 484. The first-order chi connectivity index (χ1) is 8.62. The smallest absolute Gasteiger partial charge is 0.164 e. The molecule has 2 rings (SSSR count). The molecule has 0 aromatic carbocycles. The van der Waals surface area contributed by atoms with E-state index in [1.54, 1.807) is 0 Å². The third kappa shape index (κ3) is 2.06. The lowest BCUT2D eigenvalue weighted by molar-refractivity contribution is -0.0512. The van der Waals surface area contributed by atoms with Gasteiger partial charge >= 0.3 is 0 Å². The summed E-state index contributed by atoms with van der Waals surface area (Å²) in [5.74, 6) is 0.146. The van der Waals surface area contributed by atoms with Crippen LogP contribution in [0.15, 0.2) is 5.03 Å². The van der Waals surface area contributed by atoms with E-state index < -0.39 is 18.4 Å². The van der Waals surface area contributed by atoms with Gasteiger partial charge in [0.15, 0.2) is 12.0 Å². The van der Waals surface area contributed by atoms with Crippen molar-refractivity contribution in [1.29, 1.82) is 5.26 Å². The molecule has 1 saturated heterocycles. The fraction of sp³-hybridized carbons (Fsp3) is 0.600. The Hall–Kier alpha value is -1.27. The number of nitriles is 1. The first kappa shape index (κ1) is 13.2. The quantitative estimate of drug-likeness (QED) is 0.645. The summed E-state index contributed by atoms with van der Waals surface area (Å²) in [6.07, 6.45) is 0.239. The summed E-state index contributed by atoms with van der Waals surface area (Å²) in [7, 11) is 0. The molecule has 0 unspecified atom stereocenters. The molecule has 98 valence electrons. The van der Waals surface area contributed by atoms with Crippen molar-refractivity contribution in [2.24, 2.45) is 0 Å². The van der Waals surface area contributed by atoms with Crippen molar-refractivity contribution in [2.45, 2.75) is 29.9 Å². The highest BCUT2D eigenvalue weighted by Crippen LogP contribution is 2.34. The molecule has 18 heavy (non-hydrogen) atoms. The monoisotopic (exact) mass is 270 g/mol. The van der Waals surface area contributed by atoms with Crippen molar-refractivity contribution in [3.05, 3.63) is 5.56 Å². The van der Waals surface area contributed by atoms with Crippen LogP contribution in [0.1, 0.15) is 18.2 Å². The fourth-order valence-corrected chi connectivity index (χ4v) is 2.66. The first-order valence-electron chi connectivity index (χ1n) is 5.38. The van der Waals surface area contributed by atoms with Gasteiger partial charge in [-0.05, 0) is 6.26 Å². The molecular formula is C10H14N4O3S. The summed E-state index contributed by atoms with van der Waals surface area (Å²) < 4.78 is 6.98. The van der Waals surface area contributed by atoms with E-state index in [-0.39, 0.29) is 12.4 Å². The van der Waals surface area contributed by atoms with Gasteiger partial charge in [0.2, 0.25) is 0 Å². The van der Waals surface area contributed by atoms with Crippen LogP contribution in [0, 0.1) is 11.3 Å². The molecule has 1 aromatic heterocycles. The molecule has 0 radical (unpaired) electrons. The summed E-state index contributed by atoms with van der Waals surface area (Å²) in [6, 6.07) is 2.00. The molecule has 1 aliphatic rings. The summed E-state index contributed by atoms with van der Waals surface area (Å²) in [4.78, 5) is 0. The number of aliphatic hydroxyl groups is 2. The average molecular weight is 270 g/mol. The standard InChI is InChI=1S/C10H14N4O3S/c1-18-10-5(3-11)9(12)13-14(10)8-2-6(16)7(4-15)17-8/h6-8,15-16H,2,4H2,1H3,(H2,12,13)/t6-,7+,8+/m0/s1. The maximum Gasteiger partial charge on any atom is 0.164 e. The molecule has 0 saturated carbocycles. The van der Waals surface area contributed by atoms with Gasteiger partial charge in [0.25, 0.3) is 0 Å². The molecule has 1 aromatic rings. The minimum atomic E-state index is -0.745. The lowest BCUT2D eigenvalue weighted by atomic mass is 10.2. The maximum absolute atomic E-state index is 9.69. The normalized spacial score (nSPS) is 27.3. The highest BCUT2D eigenvalue weighted by Gasteiger charge is 2.36. The predicted octanol–water partition coefficient (Wildman–Crippen LogP) is -0.300. The topological polar surface area (TPSA) is 117 Å². The zero-order chi connectivity index (χ0) is 13.3. The number of aliphatic hydroxyl groups excluding tert-OH is 2. The van der Waals surface area contributed by atoms with Crippen molar-refractivity contribution in [2.75, 3.05) is 18.6 Å². The molecule has 0 spiro atoms. The van der Waals surface area contributed by atoms with Gasteiger partial charge in [-0.25, -0.2) is 4.68 Å². The van der Waals surface area contributed by atoms with Crippen LogP contribution in [0.2, 0.25) is 0 Å². The van der Waals surface area contributed by atoms with E-state index >= 15 is 0 Å². The van der Waals surface area contributed by atoms with Crippen molar-refractivity contribution in [3.63, 3.8) is 0 Å². The largest absolute Gasteiger partial charge is 0.394 e. The molecule has 3 atom stereocenters. The number of hydrogen-bond donors (Lipinski definition) is 3. The molecule has 4 N–H and O–H groups in total. The van der Waals surface area contributed by atoms with Crippen LogP contribution in [-0.4, -0.2) is 45.1 Å². The van der Waals surface area contributed by atoms with E-state index in [1.807, 2.05) is 12.3 Å². The van der Waals surface area contributed by atoms with Crippen LogP contribution in [0.3, 0.4) is 0 Å². The number of ether oxygens (including phenoxy) is 1. The van der Waals surface area contributed by atoms with Crippen LogP contribution < -0.4 is 5.73 Å². The molecule has 1 aliphatic heterocycles. The van der Waals surface area contributed by atoms with Crippen molar-refractivity contribution >= 4 is 17.6 Å². The van der Waals surface area contributed by atoms with Gasteiger partial charge in [-0.15, -0.1) is 11.8 Å². The second kappa shape index (κ2) is 5.16. The number of nitrogen functional groups attached to an aromatic ring is 1. The van der Waals surface area contributed by atoms with Crippen molar-refractivity contribution < 1.29 is 14.9 Å². The third-order valence-corrected chi connectivity index (χ3v) is 3.63. The Morgan fingerprint density at radius 2 is 2.44 bits per heavy atom. The Morgan fingerprint density at radius 3 is 2.94 bits per heavy atom. The van der Waals surface area contributed by atoms with Crippen LogP contribution in [0.4, 0.5) is 5.82 Å². The SMILES string of the molecule is CSc1c(C#N)c(N)nn1[C@H]1C[C@H](O)[C@@H](CO)O1. The maximum atomic E-state index is 9.69. The molecule has 0 bridgehead atoms. The van der Waals surface area contributed by atoms with E-state index in [9.17, 15) is 5.11 Å². The minimum Gasteiger partial charge on any atom is -0.394 e. The van der Waals surface area contributed by atoms with E-state index in [0.717, 1.165) is 0 Å². The Labute approximate surface area is 108 Å². The Kier molecular flexibility index (Phi) is 3.77. The van der Waals surface area contributed by atoms with E-state index in [2.05, 4.69) is 5.10 Å². The van der Waals surface area contributed by atoms with Crippen LogP contribution >= 0.6 is 11.8 Å². The van der Waals surface area contributed by atoms with Gasteiger partial charge in [0.1, 0.15) is 22.8 Å². The second-order valence-corrected chi connectivity index (χ2v) is 4.74. The fourth-order valence-electron chi connectivity index (χ4n) is 1.96. The van der Waals surface area contributed by atoms with Gasteiger partial charge in [-0.2, -0.15) is 10.4 Å². The lowest BCUT2D eigenvalue weighted by Gasteiger charge is -2.14. The number of anilines is 1. The van der Waals surface area contributed by atoms with E-state index in [4.69, 9.17) is 20.8 Å². The van der Waals surface area contributed by atoms with Crippen molar-refractivity contribution in [1.82, 2.24) is 9.78 Å². The minimum absolute atomic E-state index is 0.146. The predicted molar refractivity (Wildman–Crippen MR) is 64.8 cm³/mol. The van der Waals surface area contributed by atoms with Gasteiger partial charge in [0.05, 0.1) is 12.7 Å². The molecule has 8 heteroatoms. The Morgan fingerprint density at radius 1 is 1.72 bits per heavy atom. The van der Waals surface area contributed by atoms with Crippen LogP contribution in [0.25, 0.3) is 0 Å². The van der Waals surface area contributed by atoms with Gasteiger partial charge < -0.3 is 20.7 Å². The highest BCUT2D eigenvalue weighted by molar-refractivity contribution is 7.98. The third-order valence-electron chi connectivity index (χ3n) is 2.86. The summed E-state index contributed by atoms with van der Waals surface area (Å²) >= 11 is 1.34. The number of nitrogens with two attached hydrogens (primary N) is 1. The summed E-state index contributed by atoms with van der Waals surface area (Å²) in [5.41, 5.74) is 5.98. The number of nitrogens with zero attached hydrogens (tertiary/aromatic N) is 3. The number of thioether (sulfide) groups is 1. The molecule has 0 amide bonds. The number of rotatable bonds is 3. The number of hydrogen-bond acceptors (Lipinski definition) is 7. The van der Waals surface area contributed by atoms with Gasteiger partial charge in [-0.3, -0.25) is 0 Å². The lowest BCUT2D eigenvalue weighted by Crippen LogP contribution is -2.24. The molecule has 7 nitrogen and oxygen atoms in total. The second-order valence-electron chi connectivity index (χ2n) is 3.94.